The van der Waals surface area contributed by atoms with Crippen LogP contribution in [0.3, 0.4) is 0 Å². The number of carbonyl (C=O) groups is 2. The highest BCUT2D eigenvalue weighted by Crippen LogP contribution is 2.23. The van der Waals surface area contributed by atoms with Gasteiger partial charge in [0.2, 0.25) is 5.91 Å². The number of benzene rings is 2. The molecule has 0 saturated carbocycles. The minimum absolute atomic E-state index is 0.321. The summed E-state index contributed by atoms with van der Waals surface area (Å²) in [6, 6.07) is 11.7. The van der Waals surface area contributed by atoms with E-state index in [0.29, 0.717) is 17.0 Å². The Bertz CT molecular complexity index is 935. The molecule has 7 heteroatoms. The van der Waals surface area contributed by atoms with E-state index in [9.17, 15) is 18.0 Å². The monoisotopic (exact) mass is 375 g/mol. The number of hydrogen-bond donors (Lipinski definition) is 1. The predicted octanol–water partition coefficient (Wildman–Crippen LogP) is 2.55. The molecule has 0 aliphatic heterocycles. The van der Waals surface area contributed by atoms with Crippen LogP contribution in [-0.2, 0) is 14.6 Å². The molecule has 0 aliphatic carbocycles. The van der Waals surface area contributed by atoms with Crippen LogP contribution in [0.25, 0.3) is 0 Å². The summed E-state index contributed by atoms with van der Waals surface area (Å²) in [5.74, 6) is -2.32. The Labute approximate surface area is 153 Å². The number of aryl methyl sites for hydroxylation is 2. The molecular weight excluding hydrogens is 354 g/mol. The number of sulfone groups is 1. The summed E-state index contributed by atoms with van der Waals surface area (Å²) < 4.78 is 29.5. The van der Waals surface area contributed by atoms with E-state index in [1.54, 1.807) is 42.5 Å². The third-order valence-corrected chi connectivity index (χ3v) is 5.32. The minimum atomic E-state index is -3.89. The van der Waals surface area contributed by atoms with Crippen molar-refractivity contribution in [1.82, 2.24) is 0 Å². The number of amides is 1. The average molecular weight is 375 g/mol. The summed E-state index contributed by atoms with van der Waals surface area (Å²) in [6.07, 6.45) is 0. The van der Waals surface area contributed by atoms with Gasteiger partial charge in [0.25, 0.3) is 0 Å². The van der Waals surface area contributed by atoms with Crippen molar-refractivity contribution in [2.45, 2.75) is 13.8 Å². The SMILES string of the molecule is COc1ccccc1NC(=O)CS(=O)(=O)CC(=O)c1ccc(C)c(C)c1. The fourth-order valence-corrected chi connectivity index (χ4v) is 3.52. The van der Waals surface area contributed by atoms with Crippen molar-refractivity contribution in [2.24, 2.45) is 0 Å². The van der Waals surface area contributed by atoms with E-state index >= 15 is 0 Å². The summed E-state index contributed by atoms with van der Waals surface area (Å²) in [7, 11) is -2.44. The van der Waals surface area contributed by atoms with Gasteiger partial charge in [0.05, 0.1) is 12.8 Å². The zero-order valence-corrected chi connectivity index (χ0v) is 15.7. The van der Waals surface area contributed by atoms with Crippen molar-refractivity contribution in [3.63, 3.8) is 0 Å². The lowest BCUT2D eigenvalue weighted by molar-refractivity contribution is -0.113. The van der Waals surface area contributed by atoms with Crippen molar-refractivity contribution in [1.29, 1.82) is 0 Å². The molecule has 2 rings (SSSR count). The first kappa shape index (κ1) is 19.7. The highest BCUT2D eigenvalue weighted by atomic mass is 32.2. The molecule has 138 valence electrons. The maximum absolute atomic E-state index is 12.2. The molecule has 0 aromatic heterocycles. The van der Waals surface area contributed by atoms with E-state index in [2.05, 4.69) is 5.32 Å². The second-order valence-corrected chi connectivity index (χ2v) is 8.07. The van der Waals surface area contributed by atoms with Gasteiger partial charge in [0, 0.05) is 5.56 Å². The van der Waals surface area contributed by atoms with Crippen LogP contribution in [0.2, 0.25) is 0 Å². The molecule has 2 aromatic rings. The van der Waals surface area contributed by atoms with E-state index in [1.165, 1.54) is 7.11 Å². The molecule has 0 radical (unpaired) electrons. The molecule has 2 aromatic carbocycles. The maximum atomic E-state index is 12.2. The lowest BCUT2D eigenvalue weighted by Gasteiger charge is -2.10. The van der Waals surface area contributed by atoms with Gasteiger partial charge in [-0.2, -0.15) is 0 Å². The minimum Gasteiger partial charge on any atom is -0.495 e. The van der Waals surface area contributed by atoms with Crippen LogP contribution in [-0.4, -0.2) is 38.7 Å². The third kappa shape index (κ3) is 5.16. The second kappa shape index (κ2) is 8.14. The number of methoxy groups -OCH3 is 1. The zero-order valence-electron chi connectivity index (χ0n) is 14.9. The Morgan fingerprint density at radius 2 is 1.69 bits per heavy atom. The smallest absolute Gasteiger partial charge is 0.239 e. The van der Waals surface area contributed by atoms with E-state index in [0.717, 1.165) is 11.1 Å². The number of carbonyl (C=O) groups excluding carboxylic acids is 2. The Kier molecular flexibility index (Phi) is 6.15. The lowest BCUT2D eigenvalue weighted by atomic mass is 10.0. The van der Waals surface area contributed by atoms with Crippen LogP contribution in [0.5, 0.6) is 5.75 Å². The number of hydrogen-bond acceptors (Lipinski definition) is 5. The third-order valence-electron chi connectivity index (χ3n) is 3.91. The summed E-state index contributed by atoms with van der Waals surface area (Å²) in [5, 5.41) is 2.49. The number of para-hydroxylation sites is 2. The van der Waals surface area contributed by atoms with Crippen LogP contribution in [0, 0.1) is 13.8 Å². The van der Waals surface area contributed by atoms with Crippen LogP contribution in [0.15, 0.2) is 42.5 Å². The highest BCUT2D eigenvalue weighted by molar-refractivity contribution is 7.92. The van der Waals surface area contributed by atoms with Gasteiger partial charge in [0.1, 0.15) is 17.3 Å². The summed E-state index contributed by atoms with van der Waals surface area (Å²) >= 11 is 0. The van der Waals surface area contributed by atoms with Crippen LogP contribution < -0.4 is 10.1 Å². The van der Waals surface area contributed by atoms with Gasteiger partial charge >= 0.3 is 0 Å². The summed E-state index contributed by atoms with van der Waals surface area (Å²) in [6.45, 7) is 3.75. The van der Waals surface area contributed by atoms with Gasteiger partial charge in [-0.25, -0.2) is 8.42 Å². The van der Waals surface area contributed by atoms with Gasteiger partial charge in [-0.05, 0) is 43.2 Å². The Hall–Kier alpha value is -2.67. The van der Waals surface area contributed by atoms with Crippen LogP contribution >= 0.6 is 0 Å². The first-order valence-electron chi connectivity index (χ1n) is 7.95. The van der Waals surface area contributed by atoms with E-state index in [1.807, 2.05) is 13.8 Å². The van der Waals surface area contributed by atoms with Gasteiger partial charge in [-0.15, -0.1) is 0 Å². The van der Waals surface area contributed by atoms with Crippen molar-refractivity contribution in [3.8, 4) is 5.75 Å². The molecule has 0 bridgehead atoms. The van der Waals surface area contributed by atoms with Crippen molar-refractivity contribution in [2.75, 3.05) is 23.9 Å². The number of anilines is 1. The van der Waals surface area contributed by atoms with Crippen molar-refractivity contribution >= 4 is 27.2 Å². The molecule has 6 nitrogen and oxygen atoms in total. The first-order valence-corrected chi connectivity index (χ1v) is 9.78. The fraction of sp³-hybridized carbons (Fsp3) is 0.263. The van der Waals surface area contributed by atoms with Crippen molar-refractivity contribution in [3.05, 3.63) is 59.2 Å². The number of nitrogens with one attached hydrogen (secondary N) is 1. The second-order valence-electron chi connectivity index (χ2n) is 6.00. The standard InChI is InChI=1S/C19H21NO5S/c1-13-8-9-15(10-14(13)2)17(21)11-26(23,24)12-19(22)20-16-6-4-5-7-18(16)25-3/h4-10H,11-12H2,1-3H3,(H,20,22). The lowest BCUT2D eigenvalue weighted by Crippen LogP contribution is -2.27. The molecule has 0 fully saturated rings. The van der Waals surface area contributed by atoms with Gasteiger partial charge in [-0.3, -0.25) is 9.59 Å². The number of Topliss-reactive ketones (excluding diaryl/α,β-unsaturated/α-hetero) is 1. The molecule has 0 saturated heterocycles. The van der Waals surface area contributed by atoms with E-state index in [-0.39, 0.29) is 0 Å². The zero-order chi connectivity index (χ0) is 19.3. The molecule has 0 unspecified atom stereocenters. The quantitative estimate of drug-likeness (QED) is 0.751. The number of ether oxygens (including phenoxy) is 1. The van der Waals surface area contributed by atoms with E-state index < -0.39 is 33.0 Å². The molecule has 1 N–H and O–H groups in total. The Morgan fingerprint density at radius 1 is 1.00 bits per heavy atom. The molecule has 0 atom stereocenters. The molecule has 1 amide bonds. The van der Waals surface area contributed by atoms with Crippen LogP contribution in [0.1, 0.15) is 21.5 Å². The van der Waals surface area contributed by atoms with Crippen molar-refractivity contribution < 1.29 is 22.7 Å². The largest absolute Gasteiger partial charge is 0.495 e. The summed E-state index contributed by atoms with van der Waals surface area (Å²) in [5.41, 5.74) is 2.61. The molecular formula is C19H21NO5S. The molecule has 0 spiro atoms. The summed E-state index contributed by atoms with van der Waals surface area (Å²) in [4.78, 5) is 24.3. The van der Waals surface area contributed by atoms with E-state index in [4.69, 9.17) is 4.74 Å². The molecule has 26 heavy (non-hydrogen) atoms. The topological polar surface area (TPSA) is 89.5 Å². The van der Waals surface area contributed by atoms with Crippen LogP contribution in [0.4, 0.5) is 5.69 Å². The predicted molar refractivity (Wildman–Crippen MR) is 101 cm³/mol. The fourth-order valence-electron chi connectivity index (χ4n) is 2.38. The van der Waals surface area contributed by atoms with Gasteiger partial charge in [0.15, 0.2) is 15.6 Å². The first-order chi connectivity index (χ1) is 12.2. The van der Waals surface area contributed by atoms with Gasteiger partial charge in [-0.1, -0.05) is 24.3 Å². The average Bonchev–Trinajstić information content (AvgIpc) is 2.56. The number of ketones is 1. The highest BCUT2D eigenvalue weighted by Gasteiger charge is 2.22. The maximum Gasteiger partial charge on any atom is 0.239 e. The Morgan fingerprint density at radius 3 is 2.35 bits per heavy atom. The molecule has 0 heterocycles. The normalized spacial score (nSPS) is 11.0. The molecule has 0 aliphatic rings. The Balaban J connectivity index is 2.04. The van der Waals surface area contributed by atoms with Gasteiger partial charge < -0.3 is 10.1 Å². The number of rotatable bonds is 7.